The van der Waals surface area contributed by atoms with E-state index in [1.54, 1.807) is 0 Å². The molecule has 4 nitrogen and oxygen atoms in total. The summed E-state index contributed by atoms with van der Waals surface area (Å²) in [6.45, 7) is 2.43. The monoisotopic (exact) mass is 286 g/mol. The van der Waals surface area contributed by atoms with Crippen LogP contribution in [0.15, 0.2) is 36.5 Å². The van der Waals surface area contributed by atoms with Crippen molar-refractivity contribution in [2.24, 2.45) is 5.92 Å². The fourth-order valence-corrected chi connectivity index (χ4v) is 3.20. The number of aliphatic hydroxyl groups excluding tert-OH is 1. The summed E-state index contributed by atoms with van der Waals surface area (Å²) in [4.78, 5) is 12.3. The minimum Gasteiger partial charge on any atom is -0.393 e. The lowest BCUT2D eigenvalue weighted by Crippen LogP contribution is -2.47. The molecule has 3 rings (SSSR count). The van der Waals surface area contributed by atoms with Gasteiger partial charge in [0.05, 0.1) is 6.10 Å². The molecule has 1 amide bonds. The molecule has 4 heteroatoms. The van der Waals surface area contributed by atoms with E-state index in [1.807, 2.05) is 41.1 Å². The summed E-state index contributed by atoms with van der Waals surface area (Å²) >= 11 is 0. The van der Waals surface area contributed by atoms with Crippen LogP contribution in [0.25, 0.3) is 10.9 Å². The molecule has 1 aliphatic carbocycles. The number of carbonyl (C=O) groups excluding carboxylic acids is 1. The van der Waals surface area contributed by atoms with Crippen molar-refractivity contribution in [2.45, 2.75) is 44.9 Å². The quantitative estimate of drug-likeness (QED) is 0.886. The maximum absolute atomic E-state index is 12.3. The second kappa shape index (κ2) is 5.90. The van der Waals surface area contributed by atoms with Crippen molar-refractivity contribution in [1.82, 2.24) is 9.88 Å². The van der Waals surface area contributed by atoms with Crippen molar-refractivity contribution in [3.8, 4) is 0 Å². The zero-order chi connectivity index (χ0) is 14.8. The van der Waals surface area contributed by atoms with Crippen molar-refractivity contribution >= 4 is 16.8 Å². The molecule has 1 fully saturated rings. The molecule has 0 radical (unpaired) electrons. The average Bonchev–Trinajstić information content (AvgIpc) is 2.85. The van der Waals surface area contributed by atoms with Crippen LogP contribution in [0.2, 0.25) is 0 Å². The lowest BCUT2D eigenvalue weighted by molar-refractivity contribution is -0.123. The first-order valence-corrected chi connectivity index (χ1v) is 7.68. The van der Waals surface area contributed by atoms with Crippen LogP contribution in [0.5, 0.6) is 0 Å². The molecule has 0 saturated heterocycles. The highest BCUT2D eigenvalue weighted by atomic mass is 16.3. The molecular formula is C17H22N2O2. The van der Waals surface area contributed by atoms with Crippen molar-refractivity contribution in [3.63, 3.8) is 0 Å². The Balaban J connectivity index is 1.63. The van der Waals surface area contributed by atoms with Crippen LogP contribution >= 0.6 is 0 Å². The van der Waals surface area contributed by atoms with Gasteiger partial charge in [-0.1, -0.05) is 25.1 Å². The summed E-state index contributed by atoms with van der Waals surface area (Å²) in [7, 11) is 0. The summed E-state index contributed by atoms with van der Waals surface area (Å²) in [5, 5.41) is 13.7. The molecule has 0 aliphatic heterocycles. The highest BCUT2D eigenvalue weighted by molar-refractivity contribution is 5.83. The van der Waals surface area contributed by atoms with Gasteiger partial charge in [-0.25, -0.2) is 0 Å². The molecule has 0 bridgehead atoms. The molecule has 1 aliphatic rings. The Morgan fingerprint density at radius 3 is 2.86 bits per heavy atom. The van der Waals surface area contributed by atoms with Gasteiger partial charge in [0.15, 0.2) is 0 Å². The zero-order valence-electron chi connectivity index (χ0n) is 12.3. The topological polar surface area (TPSA) is 54.3 Å². The van der Waals surface area contributed by atoms with Gasteiger partial charge in [-0.05, 0) is 42.7 Å². The molecule has 1 aromatic carbocycles. The fourth-order valence-electron chi connectivity index (χ4n) is 3.20. The summed E-state index contributed by atoms with van der Waals surface area (Å²) in [6, 6.07) is 10.3. The number of carbonyl (C=O) groups is 1. The molecule has 1 saturated carbocycles. The van der Waals surface area contributed by atoms with Gasteiger partial charge in [0, 0.05) is 17.8 Å². The number of para-hydroxylation sites is 1. The standard InChI is InChI=1S/C17H22N2O2/c1-2-15(13-9-14(20)10-13)18-17(21)11-19-8-7-12-5-3-4-6-16(12)19/h3-8,13-15,20H,2,9-11H2,1H3,(H,18,21)/t13?,14?,15-/m0/s1. The van der Waals surface area contributed by atoms with Crippen LogP contribution in [-0.4, -0.2) is 27.7 Å². The number of nitrogens with zero attached hydrogens (tertiary/aromatic N) is 1. The predicted molar refractivity (Wildman–Crippen MR) is 82.9 cm³/mol. The van der Waals surface area contributed by atoms with Gasteiger partial charge in [-0.3, -0.25) is 4.79 Å². The third-order valence-electron chi connectivity index (χ3n) is 4.50. The van der Waals surface area contributed by atoms with Crippen LogP contribution < -0.4 is 5.32 Å². The summed E-state index contributed by atoms with van der Waals surface area (Å²) < 4.78 is 1.98. The Hall–Kier alpha value is -1.81. The minimum absolute atomic E-state index is 0.0459. The van der Waals surface area contributed by atoms with Crippen molar-refractivity contribution in [1.29, 1.82) is 0 Å². The van der Waals surface area contributed by atoms with Crippen LogP contribution in [0.4, 0.5) is 0 Å². The number of rotatable bonds is 5. The van der Waals surface area contributed by atoms with Gasteiger partial charge in [-0.15, -0.1) is 0 Å². The molecule has 1 heterocycles. The summed E-state index contributed by atoms with van der Waals surface area (Å²) in [6.07, 6.45) is 4.32. The molecule has 1 atom stereocenters. The van der Waals surface area contributed by atoms with Gasteiger partial charge in [0.1, 0.15) is 6.54 Å². The maximum Gasteiger partial charge on any atom is 0.240 e. The Kier molecular flexibility index (Phi) is 3.97. The lowest BCUT2D eigenvalue weighted by atomic mass is 9.76. The van der Waals surface area contributed by atoms with Gasteiger partial charge >= 0.3 is 0 Å². The van der Waals surface area contributed by atoms with E-state index >= 15 is 0 Å². The van der Waals surface area contributed by atoms with Crippen molar-refractivity contribution in [3.05, 3.63) is 36.5 Å². The summed E-state index contributed by atoms with van der Waals surface area (Å²) in [5.41, 5.74) is 1.08. The van der Waals surface area contributed by atoms with Crippen LogP contribution in [-0.2, 0) is 11.3 Å². The first-order valence-electron chi connectivity index (χ1n) is 7.68. The van der Waals surface area contributed by atoms with Gasteiger partial charge < -0.3 is 15.0 Å². The largest absolute Gasteiger partial charge is 0.393 e. The number of aromatic nitrogens is 1. The number of benzene rings is 1. The molecule has 112 valence electrons. The van der Waals surface area contributed by atoms with E-state index in [0.29, 0.717) is 12.5 Å². The maximum atomic E-state index is 12.3. The van der Waals surface area contributed by atoms with E-state index < -0.39 is 0 Å². The number of amides is 1. The van der Waals surface area contributed by atoms with Crippen LogP contribution in [0.1, 0.15) is 26.2 Å². The summed E-state index contributed by atoms with van der Waals surface area (Å²) in [5.74, 6) is 0.472. The van der Waals surface area contributed by atoms with Gasteiger partial charge in [0.2, 0.25) is 5.91 Å². The highest BCUT2D eigenvalue weighted by Crippen LogP contribution is 2.31. The van der Waals surface area contributed by atoms with Crippen molar-refractivity contribution in [2.75, 3.05) is 0 Å². The predicted octanol–water partition coefficient (Wildman–Crippen LogP) is 2.31. The number of nitrogens with one attached hydrogen (secondary N) is 1. The van der Waals surface area contributed by atoms with E-state index in [9.17, 15) is 9.90 Å². The first-order chi connectivity index (χ1) is 10.2. The molecule has 1 aromatic heterocycles. The fraction of sp³-hybridized carbons (Fsp3) is 0.471. The van der Waals surface area contributed by atoms with Crippen LogP contribution in [0.3, 0.4) is 0 Å². The van der Waals surface area contributed by atoms with E-state index in [2.05, 4.69) is 12.2 Å². The van der Waals surface area contributed by atoms with E-state index in [4.69, 9.17) is 0 Å². The van der Waals surface area contributed by atoms with E-state index in [-0.39, 0.29) is 18.1 Å². The van der Waals surface area contributed by atoms with Crippen molar-refractivity contribution < 1.29 is 9.90 Å². The Morgan fingerprint density at radius 2 is 2.14 bits per heavy atom. The Bertz CT molecular complexity index is 629. The minimum atomic E-state index is -0.172. The van der Waals surface area contributed by atoms with E-state index in [0.717, 1.165) is 30.2 Å². The second-order valence-electron chi connectivity index (χ2n) is 5.97. The average molecular weight is 286 g/mol. The smallest absolute Gasteiger partial charge is 0.240 e. The Morgan fingerprint density at radius 1 is 1.38 bits per heavy atom. The number of hydrogen-bond acceptors (Lipinski definition) is 2. The number of aliphatic hydroxyl groups is 1. The molecule has 2 N–H and O–H groups in total. The molecular weight excluding hydrogens is 264 g/mol. The third-order valence-corrected chi connectivity index (χ3v) is 4.50. The molecule has 0 spiro atoms. The van der Waals surface area contributed by atoms with Gasteiger partial charge in [-0.2, -0.15) is 0 Å². The van der Waals surface area contributed by atoms with E-state index in [1.165, 1.54) is 0 Å². The second-order valence-corrected chi connectivity index (χ2v) is 5.97. The number of hydrogen-bond donors (Lipinski definition) is 2. The van der Waals surface area contributed by atoms with Gasteiger partial charge in [0.25, 0.3) is 0 Å². The van der Waals surface area contributed by atoms with Crippen LogP contribution in [0, 0.1) is 5.92 Å². The zero-order valence-corrected chi connectivity index (χ0v) is 12.3. The normalized spacial score (nSPS) is 22.8. The molecule has 21 heavy (non-hydrogen) atoms. The first kappa shape index (κ1) is 14.1. The third kappa shape index (κ3) is 2.95. The Labute approximate surface area is 124 Å². The molecule has 2 aromatic rings. The number of fused-ring (bicyclic) bond motifs is 1. The lowest BCUT2D eigenvalue weighted by Gasteiger charge is -2.37. The highest BCUT2D eigenvalue weighted by Gasteiger charge is 2.33. The SMILES string of the molecule is CC[C@H](NC(=O)Cn1ccc2ccccc21)C1CC(O)C1. The molecule has 0 unspecified atom stereocenters.